The van der Waals surface area contributed by atoms with E-state index in [0.29, 0.717) is 11.1 Å². The molecule has 0 unspecified atom stereocenters. The van der Waals surface area contributed by atoms with Crippen LogP contribution in [0.5, 0.6) is 11.5 Å². The summed E-state index contributed by atoms with van der Waals surface area (Å²) in [5, 5.41) is 4.54. The third-order valence-electron chi connectivity index (χ3n) is 4.43. The molecule has 8 heteroatoms. The molecular weight excluding hydrogens is 412 g/mol. The largest absolute Gasteiger partial charge is 0.456 e. The molecule has 0 amide bonds. The predicted molar refractivity (Wildman–Crippen MR) is 120 cm³/mol. The van der Waals surface area contributed by atoms with E-state index in [9.17, 15) is 14.4 Å². The minimum atomic E-state index is -0.626. The van der Waals surface area contributed by atoms with Crippen LogP contribution in [0.25, 0.3) is 21.9 Å². The second-order valence-electron chi connectivity index (χ2n) is 6.90. The molecule has 0 bridgehead atoms. The Labute approximate surface area is 182 Å². The average molecular weight is 430 g/mol. The Hall–Kier alpha value is -4.46. The van der Waals surface area contributed by atoms with Gasteiger partial charge in [-0.1, -0.05) is 18.2 Å². The zero-order chi connectivity index (χ0) is 22.7. The standard InChI is InChI=1S/C24H18N2O6/c1-14(27)30-18-11-21(31-15(2)28)23-22(12-18)32-20-9-8-16(10-19(20)24(23)29)13-25-26-17-6-4-3-5-7-17/h3-13,26H,1-2H3/b25-13+. The molecule has 1 heterocycles. The van der Waals surface area contributed by atoms with E-state index >= 15 is 0 Å². The normalized spacial score (nSPS) is 11.1. The first-order chi connectivity index (χ1) is 15.4. The monoisotopic (exact) mass is 430 g/mol. The molecule has 0 fully saturated rings. The van der Waals surface area contributed by atoms with E-state index < -0.39 is 17.4 Å². The van der Waals surface area contributed by atoms with Crippen molar-refractivity contribution < 1.29 is 23.5 Å². The zero-order valence-corrected chi connectivity index (χ0v) is 17.2. The van der Waals surface area contributed by atoms with Crippen LogP contribution in [0.15, 0.2) is 75.0 Å². The van der Waals surface area contributed by atoms with Gasteiger partial charge < -0.3 is 13.9 Å². The molecule has 0 saturated heterocycles. The number of rotatable bonds is 5. The van der Waals surface area contributed by atoms with Crippen molar-refractivity contribution in [3.05, 3.63) is 76.5 Å². The second-order valence-corrected chi connectivity index (χ2v) is 6.90. The Morgan fingerprint density at radius 1 is 0.938 bits per heavy atom. The van der Waals surface area contributed by atoms with Crippen molar-refractivity contribution >= 4 is 45.8 Å². The highest BCUT2D eigenvalue weighted by Crippen LogP contribution is 2.32. The lowest BCUT2D eigenvalue weighted by atomic mass is 10.1. The van der Waals surface area contributed by atoms with Crippen molar-refractivity contribution in [2.45, 2.75) is 13.8 Å². The molecule has 0 aliphatic heterocycles. The number of carbonyl (C=O) groups is 2. The van der Waals surface area contributed by atoms with Gasteiger partial charge >= 0.3 is 11.9 Å². The topological polar surface area (TPSA) is 107 Å². The number of benzene rings is 3. The quantitative estimate of drug-likeness (QED) is 0.166. The summed E-state index contributed by atoms with van der Waals surface area (Å²) in [6.07, 6.45) is 1.58. The number of esters is 2. The van der Waals surface area contributed by atoms with Crippen LogP contribution in [0.2, 0.25) is 0 Å². The molecule has 1 N–H and O–H groups in total. The predicted octanol–water partition coefficient (Wildman–Crippen LogP) is 4.24. The SMILES string of the molecule is CC(=O)Oc1cc(OC(C)=O)c2c(=O)c3cc(/C=N/Nc4ccccc4)ccc3oc2c1. The molecule has 8 nitrogen and oxygen atoms in total. The van der Waals surface area contributed by atoms with Crippen LogP contribution in [0.3, 0.4) is 0 Å². The zero-order valence-electron chi connectivity index (χ0n) is 17.2. The van der Waals surface area contributed by atoms with Crippen molar-refractivity contribution in [3.63, 3.8) is 0 Å². The first kappa shape index (κ1) is 20.8. The van der Waals surface area contributed by atoms with Gasteiger partial charge in [-0.2, -0.15) is 5.10 Å². The molecule has 160 valence electrons. The van der Waals surface area contributed by atoms with E-state index in [2.05, 4.69) is 10.5 Å². The lowest BCUT2D eigenvalue weighted by molar-refractivity contribution is -0.132. The summed E-state index contributed by atoms with van der Waals surface area (Å²) >= 11 is 0. The molecule has 0 spiro atoms. The maximum absolute atomic E-state index is 13.3. The summed E-state index contributed by atoms with van der Waals surface area (Å²) in [5.74, 6) is -1.14. The summed E-state index contributed by atoms with van der Waals surface area (Å²) in [6, 6.07) is 17.2. The van der Waals surface area contributed by atoms with E-state index in [1.54, 1.807) is 24.4 Å². The fourth-order valence-corrected chi connectivity index (χ4v) is 3.17. The van der Waals surface area contributed by atoms with Gasteiger partial charge in [-0.3, -0.25) is 19.8 Å². The summed E-state index contributed by atoms with van der Waals surface area (Å²) < 4.78 is 16.1. The molecule has 1 aromatic heterocycles. The Bertz CT molecular complexity index is 1420. The van der Waals surface area contributed by atoms with Crippen LogP contribution in [0, 0.1) is 0 Å². The van der Waals surface area contributed by atoms with Gasteiger partial charge in [-0.15, -0.1) is 0 Å². The molecule has 3 aromatic carbocycles. The van der Waals surface area contributed by atoms with Gasteiger partial charge in [-0.25, -0.2) is 0 Å². The van der Waals surface area contributed by atoms with Crippen molar-refractivity contribution in [1.29, 1.82) is 0 Å². The van der Waals surface area contributed by atoms with E-state index in [-0.39, 0.29) is 27.9 Å². The highest BCUT2D eigenvalue weighted by atomic mass is 16.5. The number of hydrogen-bond donors (Lipinski definition) is 1. The van der Waals surface area contributed by atoms with Crippen LogP contribution in [-0.4, -0.2) is 18.2 Å². The Balaban J connectivity index is 1.79. The summed E-state index contributed by atoms with van der Waals surface area (Å²) in [5.41, 5.74) is 4.46. The van der Waals surface area contributed by atoms with E-state index in [4.69, 9.17) is 13.9 Å². The van der Waals surface area contributed by atoms with E-state index in [1.807, 2.05) is 30.3 Å². The second kappa shape index (κ2) is 8.73. The maximum atomic E-state index is 13.3. The van der Waals surface area contributed by atoms with Gasteiger partial charge in [0.05, 0.1) is 17.3 Å². The number of fused-ring (bicyclic) bond motifs is 2. The Kier molecular flexibility index (Phi) is 5.67. The minimum absolute atomic E-state index is 0.0493. The first-order valence-corrected chi connectivity index (χ1v) is 9.66. The number of hydrogen-bond acceptors (Lipinski definition) is 8. The first-order valence-electron chi connectivity index (χ1n) is 9.66. The molecule has 0 aliphatic rings. The molecule has 0 aliphatic carbocycles. The van der Waals surface area contributed by atoms with Crippen LogP contribution < -0.4 is 20.3 Å². The van der Waals surface area contributed by atoms with E-state index in [0.717, 1.165) is 5.69 Å². The van der Waals surface area contributed by atoms with Gasteiger partial charge in [0.2, 0.25) is 5.43 Å². The lowest BCUT2D eigenvalue weighted by Crippen LogP contribution is -2.10. The summed E-state index contributed by atoms with van der Waals surface area (Å²) in [6.45, 7) is 2.45. The van der Waals surface area contributed by atoms with Crippen molar-refractivity contribution in [2.75, 3.05) is 5.43 Å². The van der Waals surface area contributed by atoms with Crippen molar-refractivity contribution in [2.24, 2.45) is 5.10 Å². The number of anilines is 1. The molecule has 0 saturated carbocycles. The van der Waals surface area contributed by atoms with Gasteiger partial charge in [-0.05, 0) is 35.9 Å². The number of nitrogens with one attached hydrogen (secondary N) is 1. The van der Waals surface area contributed by atoms with Crippen LogP contribution >= 0.6 is 0 Å². The minimum Gasteiger partial charge on any atom is -0.456 e. The fraction of sp³-hybridized carbons (Fsp3) is 0.0833. The number of para-hydroxylation sites is 1. The number of hydrazone groups is 1. The van der Waals surface area contributed by atoms with Crippen LogP contribution in [0.1, 0.15) is 19.4 Å². The Morgan fingerprint density at radius 2 is 1.69 bits per heavy atom. The number of carbonyl (C=O) groups excluding carboxylic acids is 2. The molecule has 4 rings (SSSR count). The molecule has 0 atom stereocenters. The van der Waals surface area contributed by atoms with Crippen LogP contribution in [-0.2, 0) is 9.59 Å². The van der Waals surface area contributed by atoms with Crippen LogP contribution in [0.4, 0.5) is 5.69 Å². The number of ether oxygens (including phenoxy) is 2. The summed E-state index contributed by atoms with van der Waals surface area (Å²) in [4.78, 5) is 36.2. The fourth-order valence-electron chi connectivity index (χ4n) is 3.17. The summed E-state index contributed by atoms with van der Waals surface area (Å²) in [7, 11) is 0. The van der Waals surface area contributed by atoms with Gasteiger partial charge in [0, 0.05) is 26.0 Å². The Morgan fingerprint density at radius 3 is 2.41 bits per heavy atom. The highest BCUT2D eigenvalue weighted by Gasteiger charge is 2.17. The van der Waals surface area contributed by atoms with Gasteiger partial charge in [0.15, 0.2) is 0 Å². The van der Waals surface area contributed by atoms with Crippen molar-refractivity contribution in [3.8, 4) is 11.5 Å². The number of nitrogens with zero attached hydrogens (tertiary/aromatic N) is 1. The molecule has 4 aromatic rings. The molecule has 32 heavy (non-hydrogen) atoms. The third-order valence-corrected chi connectivity index (χ3v) is 4.43. The maximum Gasteiger partial charge on any atom is 0.308 e. The van der Waals surface area contributed by atoms with Gasteiger partial charge in [0.1, 0.15) is 28.1 Å². The van der Waals surface area contributed by atoms with Crippen molar-refractivity contribution in [1.82, 2.24) is 0 Å². The highest BCUT2D eigenvalue weighted by molar-refractivity contribution is 5.97. The smallest absolute Gasteiger partial charge is 0.308 e. The molecular formula is C24H18N2O6. The average Bonchev–Trinajstić information content (AvgIpc) is 2.74. The third kappa shape index (κ3) is 4.49. The molecule has 0 radical (unpaired) electrons. The lowest BCUT2D eigenvalue weighted by Gasteiger charge is -2.10. The van der Waals surface area contributed by atoms with Gasteiger partial charge in [0.25, 0.3) is 0 Å². The van der Waals surface area contributed by atoms with E-state index in [1.165, 1.54) is 26.0 Å².